The zero-order chi connectivity index (χ0) is 17.9. The van der Waals surface area contributed by atoms with Crippen LogP contribution in [0.3, 0.4) is 0 Å². The number of amides is 3. The van der Waals surface area contributed by atoms with Crippen LogP contribution in [0.4, 0.5) is 4.79 Å². The largest absolute Gasteiger partial charge is 0.481 e. The van der Waals surface area contributed by atoms with E-state index in [4.69, 9.17) is 15.6 Å². The summed E-state index contributed by atoms with van der Waals surface area (Å²) in [6.07, 6.45) is 1.40. The monoisotopic (exact) mass is 414 g/mol. The molecule has 24 heavy (non-hydrogen) atoms. The highest BCUT2D eigenvalue weighted by Crippen LogP contribution is 2.34. The number of halogens is 1. The van der Waals surface area contributed by atoms with E-state index in [9.17, 15) is 19.2 Å². The number of ether oxygens (including phenoxy) is 1. The van der Waals surface area contributed by atoms with Crippen LogP contribution in [0.25, 0.3) is 6.08 Å². The molecule has 0 saturated carbocycles. The second-order valence-electron chi connectivity index (χ2n) is 4.60. The summed E-state index contributed by atoms with van der Waals surface area (Å²) in [5.74, 6) is -2.35. The predicted molar refractivity (Wildman–Crippen MR) is 89.1 cm³/mol. The van der Waals surface area contributed by atoms with E-state index < -0.39 is 36.2 Å². The maximum absolute atomic E-state index is 12.2. The molecule has 3 N–H and O–H groups in total. The summed E-state index contributed by atoms with van der Waals surface area (Å²) in [6.45, 7) is -1.05. The van der Waals surface area contributed by atoms with Crippen molar-refractivity contribution in [3.63, 3.8) is 0 Å². The quantitative estimate of drug-likeness (QED) is 0.673. The van der Waals surface area contributed by atoms with E-state index in [1.54, 1.807) is 12.1 Å². The molecule has 0 atom stereocenters. The number of carboxylic acids is 1. The molecule has 3 amide bonds. The minimum absolute atomic E-state index is 0.0829. The molecular weight excluding hydrogens is 404 g/mol. The Hall–Kier alpha value is -2.33. The van der Waals surface area contributed by atoms with Crippen LogP contribution in [0.1, 0.15) is 5.56 Å². The third-order valence-corrected chi connectivity index (χ3v) is 4.20. The number of nitrogens with zero attached hydrogens (tertiary/aromatic N) is 1. The van der Waals surface area contributed by atoms with Crippen molar-refractivity contribution in [1.29, 1.82) is 0 Å². The zero-order valence-corrected chi connectivity index (χ0v) is 14.4. The SMILES string of the molecule is NC(=O)CN1C(=O)S/C(=C\c2cc(Br)ccc2OCC(=O)O)C1=O. The minimum atomic E-state index is -1.15. The zero-order valence-electron chi connectivity index (χ0n) is 12.0. The molecule has 1 aliphatic heterocycles. The molecule has 1 aliphatic rings. The Labute approximate surface area is 148 Å². The van der Waals surface area contributed by atoms with Crippen molar-refractivity contribution >= 4 is 56.8 Å². The number of carboxylic acid groups (broad SMARTS) is 1. The molecule has 0 unspecified atom stereocenters. The third-order valence-electron chi connectivity index (χ3n) is 2.80. The molecule has 1 saturated heterocycles. The maximum atomic E-state index is 12.2. The van der Waals surface area contributed by atoms with E-state index in [1.165, 1.54) is 12.1 Å². The summed E-state index contributed by atoms with van der Waals surface area (Å²) < 4.78 is 5.83. The van der Waals surface area contributed by atoms with Gasteiger partial charge in [-0.05, 0) is 36.0 Å². The van der Waals surface area contributed by atoms with E-state index in [0.29, 0.717) is 21.8 Å². The fraction of sp³-hybridized carbons (Fsp3) is 0.143. The number of imide groups is 1. The van der Waals surface area contributed by atoms with Gasteiger partial charge in [0.05, 0.1) is 4.91 Å². The van der Waals surface area contributed by atoms with E-state index in [2.05, 4.69) is 15.9 Å². The topological polar surface area (TPSA) is 127 Å². The summed E-state index contributed by atoms with van der Waals surface area (Å²) in [5.41, 5.74) is 5.42. The number of carbonyl (C=O) groups excluding carboxylic acids is 3. The van der Waals surface area contributed by atoms with Gasteiger partial charge in [-0.15, -0.1) is 0 Å². The predicted octanol–water partition coefficient (Wildman–Crippen LogP) is 1.43. The Morgan fingerprint density at radius 2 is 2.08 bits per heavy atom. The molecule has 0 aliphatic carbocycles. The van der Waals surface area contributed by atoms with Crippen LogP contribution in [-0.4, -0.2) is 46.2 Å². The Bertz CT molecular complexity index is 764. The molecule has 0 bridgehead atoms. The van der Waals surface area contributed by atoms with Crippen LogP contribution < -0.4 is 10.5 Å². The number of carbonyl (C=O) groups is 4. The number of hydrogen-bond donors (Lipinski definition) is 2. The van der Waals surface area contributed by atoms with Gasteiger partial charge in [0.15, 0.2) is 6.61 Å². The van der Waals surface area contributed by atoms with Crippen molar-refractivity contribution in [3.8, 4) is 5.75 Å². The molecule has 0 radical (unpaired) electrons. The van der Waals surface area contributed by atoms with Gasteiger partial charge in [0.1, 0.15) is 12.3 Å². The third kappa shape index (κ3) is 4.36. The Balaban J connectivity index is 2.32. The van der Waals surface area contributed by atoms with Crippen LogP contribution in [0, 0.1) is 0 Å². The molecule has 1 heterocycles. The summed E-state index contributed by atoms with van der Waals surface area (Å²) in [7, 11) is 0. The smallest absolute Gasteiger partial charge is 0.341 e. The number of aliphatic carboxylic acids is 1. The van der Waals surface area contributed by atoms with Crippen molar-refractivity contribution in [2.24, 2.45) is 5.73 Å². The Kier molecular flexibility index (Phi) is 5.62. The number of nitrogens with two attached hydrogens (primary N) is 1. The number of hydrogen-bond acceptors (Lipinski definition) is 6. The van der Waals surface area contributed by atoms with E-state index in [-0.39, 0.29) is 10.7 Å². The summed E-state index contributed by atoms with van der Waals surface area (Å²) in [6, 6.07) is 4.79. The molecular formula is C14H11BrN2O6S. The number of rotatable bonds is 6. The van der Waals surface area contributed by atoms with Gasteiger partial charge in [-0.2, -0.15) is 0 Å². The maximum Gasteiger partial charge on any atom is 0.341 e. The van der Waals surface area contributed by atoms with E-state index >= 15 is 0 Å². The first-order valence-electron chi connectivity index (χ1n) is 6.45. The highest BCUT2D eigenvalue weighted by molar-refractivity contribution is 9.10. The molecule has 0 aromatic heterocycles. The fourth-order valence-corrected chi connectivity index (χ4v) is 3.04. The van der Waals surface area contributed by atoms with Crippen molar-refractivity contribution in [3.05, 3.63) is 33.1 Å². The Morgan fingerprint density at radius 1 is 1.38 bits per heavy atom. The van der Waals surface area contributed by atoms with Gasteiger partial charge in [0.2, 0.25) is 5.91 Å². The van der Waals surface area contributed by atoms with Gasteiger partial charge in [0.25, 0.3) is 11.1 Å². The number of benzene rings is 1. The van der Waals surface area contributed by atoms with Gasteiger partial charge in [0, 0.05) is 10.0 Å². The number of primary amides is 1. The molecule has 1 aromatic carbocycles. The molecule has 1 aromatic rings. The lowest BCUT2D eigenvalue weighted by molar-refractivity contribution is -0.139. The van der Waals surface area contributed by atoms with Gasteiger partial charge in [-0.3, -0.25) is 19.3 Å². The summed E-state index contributed by atoms with van der Waals surface area (Å²) in [4.78, 5) is 46.4. The summed E-state index contributed by atoms with van der Waals surface area (Å²) in [5, 5.41) is 8.09. The van der Waals surface area contributed by atoms with E-state index in [1.807, 2.05) is 0 Å². The van der Waals surface area contributed by atoms with Crippen molar-refractivity contribution in [1.82, 2.24) is 4.90 Å². The molecule has 1 fully saturated rings. The van der Waals surface area contributed by atoms with Crippen LogP contribution in [0.15, 0.2) is 27.6 Å². The van der Waals surface area contributed by atoms with Gasteiger partial charge < -0.3 is 15.6 Å². The normalized spacial score (nSPS) is 15.9. The fourth-order valence-electron chi connectivity index (χ4n) is 1.84. The lowest BCUT2D eigenvalue weighted by Crippen LogP contribution is -2.36. The lowest BCUT2D eigenvalue weighted by Gasteiger charge is -2.09. The Morgan fingerprint density at radius 3 is 2.71 bits per heavy atom. The van der Waals surface area contributed by atoms with Gasteiger partial charge in [-0.25, -0.2) is 4.79 Å². The van der Waals surface area contributed by atoms with Gasteiger partial charge in [-0.1, -0.05) is 15.9 Å². The molecule has 10 heteroatoms. The first-order valence-corrected chi connectivity index (χ1v) is 8.06. The van der Waals surface area contributed by atoms with E-state index in [0.717, 1.165) is 4.90 Å². The van der Waals surface area contributed by atoms with Crippen LogP contribution >= 0.6 is 27.7 Å². The number of thioether (sulfide) groups is 1. The standard InChI is InChI=1S/C14H11BrN2O6S/c15-8-1-2-9(23-6-12(19)20)7(3-8)4-10-13(21)17(5-11(16)18)14(22)24-10/h1-4H,5-6H2,(H2,16,18)(H,19,20)/b10-4-. The lowest BCUT2D eigenvalue weighted by atomic mass is 10.2. The van der Waals surface area contributed by atoms with Crippen LogP contribution in [0.5, 0.6) is 5.75 Å². The average Bonchev–Trinajstić information content (AvgIpc) is 2.73. The van der Waals surface area contributed by atoms with Crippen molar-refractivity contribution in [2.45, 2.75) is 0 Å². The molecule has 126 valence electrons. The highest BCUT2D eigenvalue weighted by atomic mass is 79.9. The molecule has 2 rings (SSSR count). The van der Waals surface area contributed by atoms with Crippen molar-refractivity contribution < 1.29 is 29.0 Å². The average molecular weight is 415 g/mol. The first kappa shape index (κ1) is 18.0. The van der Waals surface area contributed by atoms with Crippen molar-refractivity contribution in [2.75, 3.05) is 13.2 Å². The van der Waals surface area contributed by atoms with Gasteiger partial charge >= 0.3 is 5.97 Å². The molecule has 8 nitrogen and oxygen atoms in total. The van der Waals surface area contributed by atoms with Crippen LogP contribution in [-0.2, 0) is 14.4 Å². The molecule has 0 spiro atoms. The first-order chi connectivity index (χ1) is 11.3. The van der Waals surface area contributed by atoms with Crippen LogP contribution in [0.2, 0.25) is 0 Å². The second kappa shape index (κ2) is 7.49. The summed E-state index contributed by atoms with van der Waals surface area (Å²) >= 11 is 3.93. The highest BCUT2D eigenvalue weighted by Gasteiger charge is 2.36. The minimum Gasteiger partial charge on any atom is -0.481 e. The second-order valence-corrected chi connectivity index (χ2v) is 6.51.